The largest absolute Gasteiger partial charge is 0.313 e. The number of nitrogens with one attached hydrogen (secondary N) is 1. The van der Waals surface area contributed by atoms with Crippen LogP contribution in [0.15, 0.2) is 41.4 Å². The van der Waals surface area contributed by atoms with Gasteiger partial charge < -0.3 is 5.32 Å². The van der Waals surface area contributed by atoms with E-state index in [1.807, 2.05) is 7.05 Å². The molecular formula is C21H18Cl3FN2O2S. The van der Waals surface area contributed by atoms with Crippen molar-refractivity contribution in [3.63, 3.8) is 0 Å². The summed E-state index contributed by atoms with van der Waals surface area (Å²) < 4.78 is 43.3. The van der Waals surface area contributed by atoms with E-state index in [0.29, 0.717) is 12.1 Å². The summed E-state index contributed by atoms with van der Waals surface area (Å²) in [5, 5.41) is 3.35. The Balaban J connectivity index is 2.02. The predicted molar refractivity (Wildman–Crippen MR) is 119 cm³/mol. The van der Waals surface area contributed by atoms with Crippen molar-refractivity contribution in [1.82, 2.24) is 9.29 Å². The number of nitrogens with zero attached hydrogens (tertiary/aromatic N) is 1. The quantitative estimate of drug-likeness (QED) is 0.459. The van der Waals surface area contributed by atoms with Gasteiger partial charge in [0.15, 0.2) is 0 Å². The average molecular weight is 488 g/mol. The molecule has 0 fully saturated rings. The molecule has 2 aromatic carbocycles. The molecule has 0 aliphatic heterocycles. The van der Waals surface area contributed by atoms with Crippen LogP contribution in [0.5, 0.6) is 0 Å². The summed E-state index contributed by atoms with van der Waals surface area (Å²) in [5.74, 6) is -0.486. The molecule has 1 heterocycles. The molecule has 0 bridgehead atoms. The third-order valence-electron chi connectivity index (χ3n) is 5.41. The van der Waals surface area contributed by atoms with Gasteiger partial charge in [0, 0.05) is 17.8 Å². The topological polar surface area (TPSA) is 51.1 Å². The first-order valence-corrected chi connectivity index (χ1v) is 11.8. The normalized spacial score (nSPS) is 16.1. The minimum Gasteiger partial charge on any atom is -0.313 e. The molecule has 0 amide bonds. The number of halogens is 4. The molecule has 158 valence electrons. The molecule has 1 unspecified atom stereocenters. The van der Waals surface area contributed by atoms with Crippen LogP contribution >= 0.6 is 34.8 Å². The van der Waals surface area contributed by atoms with E-state index in [2.05, 4.69) is 5.32 Å². The van der Waals surface area contributed by atoms with Crippen LogP contribution in [0.4, 0.5) is 4.39 Å². The minimum atomic E-state index is -4.18. The first kappa shape index (κ1) is 21.7. The van der Waals surface area contributed by atoms with Gasteiger partial charge >= 0.3 is 0 Å². The summed E-state index contributed by atoms with van der Waals surface area (Å²) in [7, 11) is -2.36. The van der Waals surface area contributed by atoms with Crippen molar-refractivity contribution in [2.24, 2.45) is 0 Å². The number of hydrogen-bond donors (Lipinski definition) is 1. The molecule has 0 radical (unpaired) electrons. The molecule has 0 saturated heterocycles. The van der Waals surface area contributed by atoms with Crippen LogP contribution in [0.25, 0.3) is 11.3 Å². The highest BCUT2D eigenvalue weighted by atomic mass is 35.5. The third kappa shape index (κ3) is 3.45. The Kier molecular flexibility index (Phi) is 5.66. The molecule has 0 saturated carbocycles. The molecule has 1 atom stereocenters. The number of rotatable bonds is 4. The van der Waals surface area contributed by atoms with Gasteiger partial charge in [-0.25, -0.2) is 16.8 Å². The SMILES string of the molecule is CNC1CCc2c1cn(S(=O)(=O)c1cc(Cl)c(Cl)cc1Cl)c2-c1ccc(C)cc1F. The van der Waals surface area contributed by atoms with Crippen LogP contribution in [0.3, 0.4) is 0 Å². The Morgan fingerprint density at radius 2 is 1.80 bits per heavy atom. The number of benzene rings is 2. The third-order valence-corrected chi connectivity index (χ3v) is 8.26. The van der Waals surface area contributed by atoms with Gasteiger partial charge in [-0.2, -0.15) is 0 Å². The van der Waals surface area contributed by atoms with E-state index in [9.17, 15) is 12.8 Å². The van der Waals surface area contributed by atoms with Gasteiger partial charge in [-0.3, -0.25) is 0 Å². The van der Waals surface area contributed by atoms with Crippen LogP contribution in [-0.4, -0.2) is 19.4 Å². The van der Waals surface area contributed by atoms with Crippen LogP contribution in [0, 0.1) is 12.7 Å². The van der Waals surface area contributed by atoms with Gasteiger partial charge in [-0.1, -0.05) is 40.9 Å². The van der Waals surface area contributed by atoms with Crippen molar-refractivity contribution >= 4 is 44.8 Å². The van der Waals surface area contributed by atoms with Crippen molar-refractivity contribution in [2.45, 2.75) is 30.7 Å². The zero-order chi connectivity index (χ0) is 21.8. The summed E-state index contributed by atoms with van der Waals surface area (Å²) in [5.41, 5.74) is 2.90. The van der Waals surface area contributed by atoms with E-state index in [0.717, 1.165) is 27.1 Å². The van der Waals surface area contributed by atoms with Gasteiger partial charge in [-0.15, -0.1) is 0 Å². The monoisotopic (exact) mass is 486 g/mol. The fourth-order valence-electron chi connectivity index (χ4n) is 3.94. The maximum absolute atomic E-state index is 14.9. The molecule has 4 rings (SSSR count). The molecule has 0 spiro atoms. The summed E-state index contributed by atoms with van der Waals surface area (Å²) >= 11 is 18.2. The number of fused-ring (bicyclic) bond motifs is 1. The fourth-order valence-corrected chi connectivity index (χ4v) is 6.33. The molecule has 1 aromatic heterocycles. The highest BCUT2D eigenvalue weighted by Gasteiger charge is 2.34. The van der Waals surface area contributed by atoms with Crippen LogP contribution in [0.1, 0.15) is 29.2 Å². The van der Waals surface area contributed by atoms with Gasteiger partial charge in [-0.05, 0) is 67.8 Å². The van der Waals surface area contributed by atoms with Crippen molar-refractivity contribution < 1.29 is 12.8 Å². The van der Waals surface area contributed by atoms with Crippen LogP contribution < -0.4 is 5.32 Å². The number of hydrogen-bond acceptors (Lipinski definition) is 3. The van der Waals surface area contributed by atoms with E-state index < -0.39 is 15.8 Å². The minimum absolute atomic E-state index is 0.0204. The summed E-state index contributed by atoms with van der Waals surface area (Å²) in [6.45, 7) is 1.78. The highest BCUT2D eigenvalue weighted by Crippen LogP contribution is 2.43. The lowest BCUT2D eigenvalue weighted by Gasteiger charge is -2.15. The molecule has 30 heavy (non-hydrogen) atoms. The van der Waals surface area contributed by atoms with Crippen molar-refractivity contribution in [3.8, 4) is 11.3 Å². The molecule has 1 aliphatic carbocycles. The Labute approximate surface area is 189 Å². The summed E-state index contributed by atoms with van der Waals surface area (Å²) in [6, 6.07) is 7.24. The maximum Gasteiger partial charge on any atom is 0.269 e. The Morgan fingerprint density at radius 3 is 2.47 bits per heavy atom. The lowest BCUT2D eigenvalue weighted by atomic mass is 10.0. The molecule has 3 aromatic rings. The first-order chi connectivity index (χ1) is 14.1. The van der Waals surface area contributed by atoms with Crippen molar-refractivity contribution in [3.05, 3.63) is 74.1 Å². The molecule has 1 aliphatic rings. The van der Waals surface area contributed by atoms with E-state index in [4.69, 9.17) is 34.8 Å². The highest BCUT2D eigenvalue weighted by molar-refractivity contribution is 7.90. The average Bonchev–Trinajstić information content (AvgIpc) is 3.24. The number of aromatic nitrogens is 1. The molecule has 4 nitrogen and oxygen atoms in total. The zero-order valence-electron chi connectivity index (χ0n) is 16.1. The smallest absolute Gasteiger partial charge is 0.269 e. The Morgan fingerprint density at radius 1 is 1.10 bits per heavy atom. The molecule has 1 N–H and O–H groups in total. The molecule has 9 heteroatoms. The van der Waals surface area contributed by atoms with E-state index in [-0.39, 0.29) is 31.6 Å². The van der Waals surface area contributed by atoms with Crippen LogP contribution in [0.2, 0.25) is 15.1 Å². The summed E-state index contributed by atoms with van der Waals surface area (Å²) in [4.78, 5) is -0.193. The van der Waals surface area contributed by atoms with E-state index in [1.54, 1.807) is 25.3 Å². The Hall–Kier alpha value is -1.57. The Bertz CT molecular complexity index is 1270. The standard InChI is InChI=1S/C21H18Cl3FN2O2S/c1-11-3-4-13(18(25)7-11)21-12-5-6-19(26-2)14(12)10-27(21)30(28,29)20-9-16(23)15(22)8-17(20)24/h3-4,7-10,19,26H,5-6H2,1-2H3. The predicted octanol–water partition coefficient (Wildman–Crippen LogP) is 6.01. The first-order valence-electron chi connectivity index (χ1n) is 9.23. The van der Waals surface area contributed by atoms with Gasteiger partial charge in [0.2, 0.25) is 0 Å². The van der Waals surface area contributed by atoms with Crippen LogP contribution in [-0.2, 0) is 16.4 Å². The maximum atomic E-state index is 14.9. The lowest BCUT2D eigenvalue weighted by molar-refractivity contribution is 0.578. The van der Waals surface area contributed by atoms with Gasteiger partial charge in [0.25, 0.3) is 10.0 Å². The van der Waals surface area contributed by atoms with Gasteiger partial charge in [0.1, 0.15) is 10.7 Å². The van der Waals surface area contributed by atoms with Crippen molar-refractivity contribution in [1.29, 1.82) is 0 Å². The van der Waals surface area contributed by atoms with E-state index >= 15 is 0 Å². The van der Waals surface area contributed by atoms with Gasteiger partial charge in [0.05, 0.1) is 20.8 Å². The number of aryl methyl sites for hydroxylation is 1. The zero-order valence-corrected chi connectivity index (χ0v) is 19.2. The fraction of sp³-hybridized carbons (Fsp3) is 0.238. The second kappa shape index (κ2) is 7.84. The second-order valence-corrected chi connectivity index (χ2v) is 10.3. The second-order valence-electron chi connectivity index (χ2n) is 7.27. The summed E-state index contributed by atoms with van der Waals surface area (Å²) in [6.07, 6.45) is 2.98. The lowest BCUT2D eigenvalue weighted by Crippen LogP contribution is -2.16. The molecular weight excluding hydrogens is 470 g/mol. The van der Waals surface area contributed by atoms with Crippen molar-refractivity contribution in [2.75, 3.05) is 7.05 Å². The van der Waals surface area contributed by atoms with E-state index in [1.165, 1.54) is 18.2 Å².